The third-order valence-electron chi connectivity index (χ3n) is 3.69. The molecule has 1 aromatic heterocycles. The highest BCUT2D eigenvalue weighted by Crippen LogP contribution is 2.28. The highest BCUT2D eigenvalue weighted by atomic mass is 32.1. The van der Waals surface area contributed by atoms with Crippen molar-refractivity contribution in [3.05, 3.63) is 52.8 Å². The summed E-state index contributed by atoms with van der Waals surface area (Å²) in [6.07, 6.45) is 1.30. The van der Waals surface area contributed by atoms with E-state index >= 15 is 0 Å². The van der Waals surface area contributed by atoms with E-state index in [1.807, 2.05) is 0 Å². The molecule has 0 atom stereocenters. The lowest BCUT2D eigenvalue weighted by Gasteiger charge is -2.15. The fraction of sp³-hybridized carbons (Fsp3) is 0.0588. The van der Waals surface area contributed by atoms with Gasteiger partial charge in [-0.1, -0.05) is 12.1 Å². The third-order valence-corrected chi connectivity index (χ3v) is 3.89. The molecular formula is C17H12N2O5S. The van der Waals surface area contributed by atoms with Crippen molar-refractivity contribution in [3.8, 4) is 11.3 Å². The van der Waals surface area contributed by atoms with Gasteiger partial charge in [-0.05, 0) is 49.0 Å². The second kappa shape index (κ2) is 6.33. The summed E-state index contributed by atoms with van der Waals surface area (Å²) in [7, 11) is 0. The zero-order valence-electron chi connectivity index (χ0n) is 13.0. The number of furan rings is 1. The minimum absolute atomic E-state index is 0.0478. The number of carbonyl (C=O) groups excluding carboxylic acids is 2. The average Bonchev–Trinajstić information content (AvgIpc) is 2.99. The molecule has 126 valence electrons. The smallest absolute Gasteiger partial charge is 0.335 e. The van der Waals surface area contributed by atoms with E-state index in [4.69, 9.17) is 16.6 Å². The Balaban J connectivity index is 1.96. The van der Waals surface area contributed by atoms with Crippen LogP contribution in [0, 0.1) is 6.92 Å². The summed E-state index contributed by atoms with van der Waals surface area (Å²) in [4.78, 5) is 34.9. The predicted octanol–water partition coefficient (Wildman–Crippen LogP) is 1.87. The van der Waals surface area contributed by atoms with Crippen LogP contribution in [0.5, 0.6) is 0 Å². The number of aromatic carboxylic acids is 1. The molecule has 3 N–H and O–H groups in total. The normalized spacial score (nSPS) is 14.1. The maximum Gasteiger partial charge on any atom is 0.335 e. The lowest BCUT2D eigenvalue weighted by atomic mass is 10.0. The van der Waals surface area contributed by atoms with Crippen LogP contribution in [0.25, 0.3) is 17.4 Å². The molecule has 3 rings (SSSR count). The average molecular weight is 356 g/mol. The summed E-state index contributed by atoms with van der Waals surface area (Å²) in [5, 5.41) is 13.8. The second-order valence-corrected chi connectivity index (χ2v) is 5.69. The van der Waals surface area contributed by atoms with E-state index in [1.54, 1.807) is 31.2 Å². The fourth-order valence-corrected chi connectivity index (χ4v) is 2.64. The van der Waals surface area contributed by atoms with Crippen LogP contribution in [0.4, 0.5) is 0 Å². The first-order valence-electron chi connectivity index (χ1n) is 7.18. The molecule has 0 unspecified atom stereocenters. The monoisotopic (exact) mass is 356 g/mol. The Morgan fingerprint density at radius 1 is 1.16 bits per heavy atom. The maximum atomic E-state index is 11.8. The van der Waals surface area contributed by atoms with Crippen molar-refractivity contribution in [1.82, 2.24) is 10.6 Å². The van der Waals surface area contributed by atoms with Crippen LogP contribution < -0.4 is 10.6 Å². The molecule has 2 heterocycles. The molecule has 0 aliphatic carbocycles. The summed E-state index contributed by atoms with van der Waals surface area (Å²) in [5.74, 6) is -1.55. The maximum absolute atomic E-state index is 11.8. The van der Waals surface area contributed by atoms with E-state index in [-0.39, 0.29) is 22.0 Å². The quantitative estimate of drug-likeness (QED) is 0.440. The van der Waals surface area contributed by atoms with Crippen molar-refractivity contribution in [2.45, 2.75) is 6.92 Å². The first kappa shape index (κ1) is 16.6. The van der Waals surface area contributed by atoms with Crippen LogP contribution in [-0.4, -0.2) is 28.0 Å². The molecule has 1 saturated heterocycles. The van der Waals surface area contributed by atoms with E-state index in [1.165, 1.54) is 12.1 Å². The van der Waals surface area contributed by atoms with Gasteiger partial charge in [-0.2, -0.15) is 0 Å². The number of amides is 2. The van der Waals surface area contributed by atoms with Gasteiger partial charge in [0, 0.05) is 5.56 Å². The van der Waals surface area contributed by atoms with Gasteiger partial charge >= 0.3 is 5.97 Å². The number of hydrogen-bond donors (Lipinski definition) is 3. The van der Waals surface area contributed by atoms with Gasteiger partial charge < -0.3 is 9.52 Å². The Bertz CT molecular complexity index is 936. The third kappa shape index (κ3) is 3.20. The van der Waals surface area contributed by atoms with E-state index in [9.17, 15) is 19.5 Å². The van der Waals surface area contributed by atoms with Crippen molar-refractivity contribution in [2.24, 2.45) is 0 Å². The molecule has 0 spiro atoms. The number of hydrogen-bond acceptors (Lipinski definition) is 5. The van der Waals surface area contributed by atoms with Gasteiger partial charge in [-0.15, -0.1) is 0 Å². The molecule has 8 heteroatoms. The summed E-state index contributed by atoms with van der Waals surface area (Å²) < 4.78 is 5.65. The van der Waals surface area contributed by atoms with Crippen molar-refractivity contribution in [2.75, 3.05) is 0 Å². The van der Waals surface area contributed by atoms with Gasteiger partial charge in [0.2, 0.25) is 0 Å². The summed E-state index contributed by atoms with van der Waals surface area (Å²) >= 11 is 4.73. The SMILES string of the molecule is Cc1c(C(=O)O)cccc1-c1ccc(C=C2C(=O)NC(=S)NC2=O)o1. The molecule has 0 saturated carbocycles. The van der Waals surface area contributed by atoms with Gasteiger partial charge in [-0.3, -0.25) is 20.2 Å². The molecule has 1 aromatic carbocycles. The Morgan fingerprint density at radius 3 is 2.48 bits per heavy atom. The molecule has 25 heavy (non-hydrogen) atoms. The number of rotatable bonds is 3. The largest absolute Gasteiger partial charge is 0.478 e. The number of benzene rings is 1. The standard InChI is InChI=1S/C17H12N2O5S/c1-8-10(3-2-4-11(8)16(22)23)13-6-5-9(24-13)7-12-14(20)18-17(25)19-15(12)21/h2-7H,1H3,(H,22,23)(H2,18,19,20,21,25). The molecule has 0 bridgehead atoms. The minimum atomic E-state index is -1.03. The molecule has 1 fully saturated rings. The second-order valence-electron chi connectivity index (χ2n) is 5.28. The molecule has 7 nitrogen and oxygen atoms in total. The molecule has 1 aliphatic heterocycles. The Labute approximate surface area is 147 Å². The van der Waals surface area contributed by atoms with Crippen molar-refractivity contribution in [1.29, 1.82) is 0 Å². The first-order valence-corrected chi connectivity index (χ1v) is 7.59. The Hall–Kier alpha value is -3.26. The van der Waals surface area contributed by atoms with E-state index in [0.29, 0.717) is 16.9 Å². The van der Waals surface area contributed by atoms with Crippen LogP contribution in [0.3, 0.4) is 0 Å². The molecule has 1 aliphatic rings. The first-order chi connectivity index (χ1) is 11.9. The zero-order chi connectivity index (χ0) is 18.1. The van der Waals surface area contributed by atoms with Gasteiger partial charge in [0.1, 0.15) is 17.1 Å². The van der Waals surface area contributed by atoms with Gasteiger partial charge in [-0.25, -0.2) is 4.79 Å². The van der Waals surface area contributed by atoms with Crippen LogP contribution in [0.2, 0.25) is 0 Å². The van der Waals surface area contributed by atoms with Crippen molar-refractivity contribution >= 4 is 41.2 Å². The van der Waals surface area contributed by atoms with Crippen LogP contribution in [0.1, 0.15) is 21.7 Å². The molecule has 2 aromatic rings. The van der Waals surface area contributed by atoms with Crippen molar-refractivity contribution < 1.29 is 23.9 Å². The highest BCUT2D eigenvalue weighted by molar-refractivity contribution is 7.80. The van der Waals surface area contributed by atoms with Crippen LogP contribution >= 0.6 is 12.2 Å². The molecule has 2 amide bonds. The molecular weight excluding hydrogens is 344 g/mol. The topological polar surface area (TPSA) is 109 Å². The summed E-state index contributed by atoms with van der Waals surface area (Å²) in [6.45, 7) is 1.68. The van der Waals surface area contributed by atoms with Gasteiger partial charge in [0.05, 0.1) is 5.56 Å². The number of carboxylic acid groups (broad SMARTS) is 1. The Morgan fingerprint density at radius 2 is 1.84 bits per heavy atom. The van der Waals surface area contributed by atoms with E-state index < -0.39 is 17.8 Å². The van der Waals surface area contributed by atoms with Crippen LogP contribution in [0.15, 0.2) is 40.3 Å². The number of carboxylic acids is 1. The highest BCUT2D eigenvalue weighted by Gasteiger charge is 2.26. The minimum Gasteiger partial charge on any atom is -0.478 e. The number of carbonyl (C=O) groups is 3. The van der Waals surface area contributed by atoms with Gasteiger partial charge in [0.15, 0.2) is 5.11 Å². The summed E-state index contributed by atoms with van der Waals surface area (Å²) in [5.41, 5.74) is 1.21. The zero-order valence-corrected chi connectivity index (χ0v) is 13.8. The lowest BCUT2D eigenvalue weighted by Crippen LogP contribution is -2.51. The van der Waals surface area contributed by atoms with E-state index in [2.05, 4.69) is 10.6 Å². The van der Waals surface area contributed by atoms with Gasteiger partial charge in [0.25, 0.3) is 11.8 Å². The number of nitrogens with one attached hydrogen (secondary N) is 2. The lowest BCUT2D eigenvalue weighted by molar-refractivity contribution is -0.123. The summed E-state index contributed by atoms with van der Waals surface area (Å²) in [6, 6.07) is 8.09. The molecule has 0 radical (unpaired) electrons. The predicted molar refractivity (Wildman–Crippen MR) is 92.7 cm³/mol. The fourth-order valence-electron chi connectivity index (χ4n) is 2.46. The van der Waals surface area contributed by atoms with E-state index in [0.717, 1.165) is 0 Å². The van der Waals surface area contributed by atoms with Crippen molar-refractivity contribution in [3.63, 3.8) is 0 Å². The Kier molecular flexibility index (Phi) is 4.20. The number of thiocarbonyl (C=S) groups is 1. The van der Waals surface area contributed by atoms with Crippen LogP contribution in [-0.2, 0) is 9.59 Å².